The minimum Gasteiger partial charge on any atom is -0.320 e. The summed E-state index contributed by atoms with van der Waals surface area (Å²) in [5, 5.41) is 0. The predicted molar refractivity (Wildman–Crippen MR) is 84.4 cm³/mol. The highest BCUT2D eigenvalue weighted by molar-refractivity contribution is 7.92. The van der Waals surface area contributed by atoms with Gasteiger partial charge in [-0.05, 0) is 36.8 Å². The van der Waals surface area contributed by atoms with Gasteiger partial charge in [-0.3, -0.25) is 4.72 Å². The first kappa shape index (κ1) is 15.1. The largest absolute Gasteiger partial charge is 0.320 e. The number of nitrogens with two attached hydrogens (primary N) is 1. The van der Waals surface area contributed by atoms with Gasteiger partial charge in [0.2, 0.25) is 0 Å². The molecule has 0 atom stereocenters. The Hall–Kier alpha value is -2.29. The standard InChI is InChI=1S/C16H16N2O2S/c1-13-6-4-9-15(12-13)18-21(19,20)16-10-3-2-7-14(16)8-5-11-17/h2-4,6-7,9-10,12,18H,11,17H2,1H3. The Morgan fingerprint density at radius 3 is 2.62 bits per heavy atom. The summed E-state index contributed by atoms with van der Waals surface area (Å²) in [6, 6.07) is 13.8. The number of nitrogens with one attached hydrogen (secondary N) is 1. The van der Waals surface area contributed by atoms with Gasteiger partial charge in [-0.2, -0.15) is 0 Å². The third-order valence-electron chi connectivity index (χ3n) is 2.77. The molecule has 108 valence electrons. The molecule has 0 saturated heterocycles. The molecule has 2 rings (SSSR count). The molecule has 0 unspecified atom stereocenters. The van der Waals surface area contributed by atoms with Gasteiger partial charge in [0.05, 0.1) is 6.54 Å². The summed E-state index contributed by atoms with van der Waals surface area (Å²) >= 11 is 0. The highest BCUT2D eigenvalue weighted by atomic mass is 32.2. The zero-order valence-electron chi connectivity index (χ0n) is 11.6. The second kappa shape index (κ2) is 6.44. The van der Waals surface area contributed by atoms with E-state index in [-0.39, 0.29) is 11.4 Å². The first-order chi connectivity index (χ1) is 10.0. The van der Waals surface area contributed by atoms with Crippen molar-refractivity contribution in [1.29, 1.82) is 0 Å². The summed E-state index contributed by atoms with van der Waals surface area (Å²) < 4.78 is 27.5. The molecule has 0 spiro atoms. The van der Waals surface area contributed by atoms with E-state index in [4.69, 9.17) is 5.73 Å². The van der Waals surface area contributed by atoms with Crippen LogP contribution in [-0.4, -0.2) is 15.0 Å². The summed E-state index contributed by atoms with van der Waals surface area (Å²) in [5.74, 6) is 5.46. The van der Waals surface area contributed by atoms with E-state index in [9.17, 15) is 8.42 Å². The van der Waals surface area contributed by atoms with Gasteiger partial charge in [-0.15, -0.1) is 0 Å². The molecule has 0 amide bonds. The molecule has 0 radical (unpaired) electrons. The Kier molecular flexibility index (Phi) is 4.63. The maximum Gasteiger partial charge on any atom is 0.263 e. The smallest absolute Gasteiger partial charge is 0.263 e. The molecular formula is C16H16N2O2S. The fourth-order valence-electron chi connectivity index (χ4n) is 1.87. The molecule has 4 nitrogen and oxygen atoms in total. The molecule has 0 aromatic heterocycles. The van der Waals surface area contributed by atoms with Gasteiger partial charge in [0.1, 0.15) is 4.90 Å². The minimum absolute atomic E-state index is 0.146. The van der Waals surface area contributed by atoms with Crippen LogP contribution in [-0.2, 0) is 10.0 Å². The fourth-order valence-corrected chi connectivity index (χ4v) is 3.08. The van der Waals surface area contributed by atoms with Crippen LogP contribution >= 0.6 is 0 Å². The maximum absolute atomic E-state index is 12.5. The molecule has 2 aromatic carbocycles. The van der Waals surface area contributed by atoms with Crippen LogP contribution in [0, 0.1) is 18.8 Å². The fraction of sp³-hybridized carbons (Fsp3) is 0.125. The van der Waals surface area contributed by atoms with E-state index >= 15 is 0 Å². The molecule has 5 heteroatoms. The van der Waals surface area contributed by atoms with Crippen LogP contribution in [0.4, 0.5) is 5.69 Å². The van der Waals surface area contributed by atoms with Crippen molar-refractivity contribution in [3.63, 3.8) is 0 Å². The maximum atomic E-state index is 12.5. The van der Waals surface area contributed by atoms with Crippen molar-refractivity contribution in [2.24, 2.45) is 5.73 Å². The molecular weight excluding hydrogens is 284 g/mol. The third-order valence-corrected chi connectivity index (χ3v) is 4.21. The van der Waals surface area contributed by atoms with Crippen LogP contribution < -0.4 is 10.5 Å². The van der Waals surface area contributed by atoms with Crippen molar-refractivity contribution < 1.29 is 8.42 Å². The van der Waals surface area contributed by atoms with Gasteiger partial charge < -0.3 is 5.73 Å². The summed E-state index contributed by atoms with van der Waals surface area (Å²) in [6.07, 6.45) is 0. The van der Waals surface area contributed by atoms with E-state index in [2.05, 4.69) is 16.6 Å². The monoisotopic (exact) mass is 300 g/mol. The number of sulfonamides is 1. The summed E-state index contributed by atoms with van der Waals surface area (Å²) in [4.78, 5) is 0.146. The lowest BCUT2D eigenvalue weighted by atomic mass is 10.2. The van der Waals surface area contributed by atoms with Crippen LogP contribution in [0.25, 0.3) is 0 Å². The Labute approximate surface area is 125 Å². The molecule has 0 aliphatic heterocycles. The summed E-state index contributed by atoms with van der Waals surface area (Å²) in [5.41, 5.74) is 7.27. The number of hydrogen-bond acceptors (Lipinski definition) is 3. The quantitative estimate of drug-likeness (QED) is 0.853. The van der Waals surface area contributed by atoms with Crippen molar-refractivity contribution >= 4 is 15.7 Å². The second-order valence-electron chi connectivity index (χ2n) is 4.48. The van der Waals surface area contributed by atoms with Crippen LogP contribution in [0.1, 0.15) is 11.1 Å². The van der Waals surface area contributed by atoms with Gasteiger partial charge in [-0.1, -0.05) is 36.1 Å². The molecule has 0 saturated carbocycles. The van der Waals surface area contributed by atoms with E-state index < -0.39 is 10.0 Å². The molecule has 0 fully saturated rings. The van der Waals surface area contributed by atoms with Crippen molar-refractivity contribution in [3.8, 4) is 11.8 Å². The normalized spacial score (nSPS) is 10.6. The minimum atomic E-state index is -3.68. The zero-order valence-corrected chi connectivity index (χ0v) is 12.4. The van der Waals surface area contributed by atoms with Crippen molar-refractivity contribution in [1.82, 2.24) is 0 Å². The third kappa shape index (κ3) is 3.85. The Balaban J connectivity index is 2.40. The lowest BCUT2D eigenvalue weighted by Crippen LogP contribution is -2.14. The highest BCUT2D eigenvalue weighted by Crippen LogP contribution is 2.19. The van der Waals surface area contributed by atoms with Gasteiger partial charge in [-0.25, -0.2) is 8.42 Å². The Morgan fingerprint density at radius 2 is 1.90 bits per heavy atom. The van der Waals surface area contributed by atoms with Crippen LogP contribution in [0.3, 0.4) is 0 Å². The average Bonchev–Trinajstić information content (AvgIpc) is 2.45. The second-order valence-corrected chi connectivity index (χ2v) is 6.13. The van der Waals surface area contributed by atoms with Crippen molar-refractivity contribution in [2.75, 3.05) is 11.3 Å². The number of anilines is 1. The summed E-state index contributed by atoms with van der Waals surface area (Å²) in [6.45, 7) is 2.08. The van der Waals surface area contributed by atoms with E-state index in [0.717, 1.165) is 5.56 Å². The van der Waals surface area contributed by atoms with Crippen LogP contribution in [0.5, 0.6) is 0 Å². The molecule has 0 heterocycles. The zero-order chi connectivity index (χ0) is 15.3. The lowest BCUT2D eigenvalue weighted by molar-refractivity contribution is 0.601. The molecule has 21 heavy (non-hydrogen) atoms. The van der Waals surface area contributed by atoms with Crippen LogP contribution in [0.15, 0.2) is 53.4 Å². The molecule has 3 N–H and O–H groups in total. The molecule has 0 aliphatic rings. The van der Waals surface area contributed by atoms with Crippen molar-refractivity contribution in [3.05, 3.63) is 59.7 Å². The van der Waals surface area contributed by atoms with Crippen LogP contribution in [0.2, 0.25) is 0 Å². The topological polar surface area (TPSA) is 72.2 Å². The van der Waals surface area contributed by atoms with Crippen molar-refractivity contribution in [2.45, 2.75) is 11.8 Å². The highest BCUT2D eigenvalue weighted by Gasteiger charge is 2.17. The van der Waals surface area contributed by atoms with E-state index in [1.807, 2.05) is 13.0 Å². The van der Waals surface area contributed by atoms with E-state index in [1.165, 1.54) is 6.07 Å². The molecule has 2 aromatic rings. The van der Waals surface area contributed by atoms with Gasteiger partial charge in [0.15, 0.2) is 0 Å². The first-order valence-corrected chi connectivity index (χ1v) is 7.89. The Bertz CT molecular complexity index is 802. The average molecular weight is 300 g/mol. The molecule has 0 aliphatic carbocycles. The first-order valence-electron chi connectivity index (χ1n) is 6.40. The Morgan fingerprint density at radius 1 is 1.14 bits per heavy atom. The SMILES string of the molecule is Cc1cccc(NS(=O)(=O)c2ccccc2C#CCN)c1. The van der Waals surface area contributed by atoms with Gasteiger partial charge >= 0.3 is 0 Å². The number of aryl methyl sites for hydroxylation is 1. The van der Waals surface area contributed by atoms with Gasteiger partial charge in [0, 0.05) is 11.3 Å². The van der Waals surface area contributed by atoms with E-state index in [1.54, 1.807) is 36.4 Å². The number of rotatable bonds is 3. The molecule has 0 bridgehead atoms. The van der Waals surface area contributed by atoms with E-state index in [0.29, 0.717) is 11.3 Å². The number of benzene rings is 2. The lowest BCUT2D eigenvalue weighted by Gasteiger charge is -2.10. The predicted octanol–water partition coefficient (Wildman–Crippen LogP) is 2.11. The number of hydrogen-bond donors (Lipinski definition) is 2. The summed E-state index contributed by atoms with van der Waals surface area (Å²) in [7, 11) is -3.68. The van der Waals surface area contributed by atoms with Gasteiger partial charge in [0.25, 0.3) is 10.0 Å².